The van der Waals surface area contributed by atoms with E-state index in [1.807, 2.05) is 0 Å². The van der Waals surface area contributed by atoms with Crippen molar-refractivity contribution in [3.05, 3.63) is 49.0 Å². The first-order chi connectivity index (χ1) is 7.40. The molecule has 17 heavy (non-hydrogen) atoms. The smallest absolute Gasteiger partial charge is 0.835 e. The average Bonchev–Trinajstić information content (AvgIpc) is 2.16. The summed E-state index contributed by atoms with van der Waals surface area (Å²) >= 11 is 0. The summed E-state index contributed by atoms with van der Waals surface area (Å²) in [6, 6.07) is 0. The third kappa shape index (κ3) is 2.97. The summed E-state index contributed by atoms with van der Waals surface area (Å²) in [5.41, 5.74) is 5.15. The van der Waals surface area contributed by atoms with Crippen LogP contribution in [0, 0.1) is 20.2 Å². The molecule has 1 aliphatic rings. The second-order valence-electron chi connectivity index (χ2n) is 2.68. The fourth-order valence-electron chi connectivity index (χ4n) is 1.08. The Morgan fingerprint density at radius 2 is 1.88 bits per heavy atom. The molecule has 11 heteroatoms. The number of aliphatic hydroxyl groups is 1. The Morgan fingerprint density at radius 1 is 1.35 bits per heavy atom. The Balaban J connectivity index is 0.00000256. The maximum Gasteiger partial charge on any atom is 2.00 e. The Hall–Kier alpha value is -1.10. The largest absolute Gasteiger partial charge is 2.00 e. The minimum atomic E-state index is -2.27. The zero-order valence-electron chi connectivity index (χ0n) is 8.14. The van der Waals surface area contributed by atoms with E-state index >= 15 is 0 Å². The van der Waals surface area contributed by atoms with Crippen molar-refractivity contribution < 1.29 is 24.8 Å². The molecule has 0 radical (unpaired) electrons. The maximum atomic E-state index is 11.2. The first-order valence-corrected chi connectivity index (χ1v) is 3.72. The molecule has 1 N–H and O–H groups in total. The second-order valence-corrected chi connectivity index (χ2v) is 2.68. The molecule has 0 amide bonds. The molecule has 0 saturated carbocycles. The fraction of sp³-hybridized carbons (Fsp3) is 0.167. The summed E-state index contributed by atoms with van der Waals surface area (Å²) < 4.78 is 0. The maximum absolute atomic E-state index is 11.2. The van der Waals surface area contributed by atoms with E-state index in [-0.39, 0.29) is 45.5 Å². The molecule has 0 aromatic carbocycles. The van der Waals surface area contributed by atoms with E-state index in [0.29, 0.717) is 6.08 Å². The van der Waals surface area contributed by atoms with Crippen molar-refractivity contribution in [3.8, 4) is 0 Å². The molecule has 1 unspecified atom stereocenters. The van der Waals surface area contributed by atoms with Gasteiger partial charge in [0.15, 0.2) is 0 Å². The van der Waals surface area contributed by atoms with E-state index in [9.17, 15) is 25.3 Å². The molecule has 0 aliphatic heterocycles. The molecule has 0 spiro atoms. The van der Waals surface area contributed by atoms with E-state index in [4.69, 9.17) is 10.6 Å². The van der Waals surface area contributed by atoms with Crippen molar-refractivity contribution in [1.29, 1.82) is 0 Å². The zero-order valence-corrected chi connectivity index (χ0v) is 11.6. The van der Waals surface area contributed by atoms with E-state index in [1.54, 1.807) is 0 Å². The van der Waals surface area contributed by atoms with Gasteiger partial charge in [-0.05, 0) is 0 Å². The van der Waals surface area contributed by atoms with Crippen LogP contribution in [0.3, 0.4) is 0 Å². The molecule has 1 atom stereocenters. The number of hydrogen-bond donors (Lipinski definition) is 1. The van der Waals surface area contributed by atoms with Gasteiger partial charge < -0.3 is 15.7 Å². The van der Waals surface area contributed by atoms with Crippen molar-refractivity contribution >= 4 is 51.2 Å². The quantitative estimate of drug-likeness (QED) is 0.208. The molecular formula is C6H3N4O6Sr+. The van der Waals surface area contributed by atoms with Crippen LogP contribution in [0.15, 0.2) is 23.2 Å². The normalized spacial score (nSPS) is 19.0. The molecule has 10 nitrogen and oxygen atoms in total. The van der Waals surface area contributed by atoms with Gasteiger partial charge in [0, 0.05) is 0 Å². The van der Waals surface area contributed by atoms with Crippen LogP contribution in [0.4, 0.5) is 0 Å². The van der Waals surface area contributed by atoms with Gasteiger partial charge in [0.1, 0.15) is 6.08 Å². The molecule has 0 saturated heterocycles. The minimum Gasteiger partial charge on any atom is -0.835 e. The molecular weight excluding hydrogens is 312 g/mol. The molecule has 0 aromatic rings. The van der Waals surface area contributed by atoms with Crippen molar-refractivity contribution in [2.75, 3.05) is 0 Å². The summed E-state index contributed by atoms with van der Waals surface area (Å²) in [4.78, 5) is 20.8. The molecule has 84 valence electrons. The SMILES string of the molecule is [N-]=[N+]=C1C=C([N+](=O)[O-])C(O)=C([N+](=O)[O-])C1[O-].[Sr+2]. The van der Waals surface area contributed by atoms with Crippen molar-refractivity contribution in [2.24, 2.45) is 0 Å². The van der Waals surface area contributed by atoms with Crippen LogP contribution in [-0.2, 0) is 0 Å². The Morgan fingerprint density at radius 3 is 2.24 bits per heavy atom. The topological polar surface area (TPSA) is 166 Å². The van der Waals surface area contributed by atoms with Gasteiger partial charge in [-0.25, -0.2) is 0 Å². The van der Waals surface area contributed by atoms with Crippen LogP contribution in [-0.4, -0.2) is 77.0 Å². The Kier molecular flexibility index (Phi) is 5.61. The third-order valence-electron chi connectivity index (χ3n) is 1.80. The van der Waals surface area contributed by atoms with Gasteiger partial charge in [0.25, 0.3) is 17.2 Å². The molecule has 0 aromatic heterocycles. The molecule has 0 bridgehead atoms. The van der Waals surface area contributed by atoms with Crippen LogP contribution in [0.25, 0.3) is 5.53 Å². The Labute approximate surface area is 130 Å². The molecule has 0 heterocycles. The third-order valence-corrected chi connectivity index (χ3v) is 1.80. The number of aliphatic hydroxyl groups excluding tert-OH is 1. The van der Waals surface area contributed by atoms with Gasteiger partial charge >= 0.3 is 51.2 Å². The number of hydrogen-bond acceptors (Lipinski definition) is 6. The fourth-order valence-corrected chi connectivity index (χ4v) is 1.08. The molecule has 0 fully saturated rings. The van der Waals surface area contributed by atoms with Crippen LogP contribution in [0.2, 0.25) is 0 Å². The average molecular weight is 315 g/mol. The summed E-state index contributed by atoms with van der Waals surface area (Å²) in [5.74, 6) is -1.33. The van der Waals surface area contributed by atoms with Gasteiger partial charge in [-0.15, -0.1) is 0 Å². The first-order valence-electron chi connectivity index (χ1n) is 3.72. The molecule has 1 aliphatic carbocycles. The van der Waals surface area contributed by atoms with Crippen LogP contribution in [0.1, 0.15) is 0 Å². The van der Waals surface area contributed by atoms with Gasteiger partial charge in [-0.2, -0.15) is 4.79 Å². The van der Waals surface area contributed by atoms with Gasteiger partial charge in [0.05, 0.1) is 16.0 Å². The number of nitro groups is 2. The summed E-state index contributed by atoms with van der Waals surface area (Å²) in [5, 5.41) is 41.2. The van der Waals surface area contributed by atoms with Gasteiger partial charge in [0.2, 0.25) is 0 Å². The van der Waals surface area contributed by atoms with E-state index in [0.717, 1.165) is 0 Å². The Bertz CT molecular complexity index is 491. The van der Waals surface area contributed by atoms with Crippen LogP contribution < -0.4 is 5.11 Å². The number of nitrogens with zero attached hydrogens (tertiary/aromatic N) is 4. The van der Waals surface area contributed by atoms with E-state index < -0.39 is 38.8 Å². The van der Waals surface area contributed by atoms with E-state index in [1.165, 1.54) is 0 Å². The van der Waals surface area contributed by atoms with Crippen molar-refractivity contribution in [2.45, 2.75) is 6.10 Å². The second kappa shape index (κ2) is 6.00. The summed E-state index contributed by atoms with van der Waals surface area (Å²) in [6.45, 7) is 0. The summed E-state index contributed by atoms with van der Waals surface area (Å²) in [7, 11) is 0. The van der Waals surface area contributed by atoms with Crippen molar-refractivity contribution in [3.63, 3.8) is 0 Å². The number of rotatable bonds is 2. The van der Waals surface area contributed by atoms with Crippen LogP contribution >= 0.6 is 0 Å². The molecule has 1 rings (SSSR count). The predicted molar refractivity (Wildman–Crippen MR) is 49.9 cm³/mol. The van der Waals surface area contributed by atoms with Crippen LogP contribution in [0.5, 0.6) is 0 Å². The van der Waals surface area contributed by atoms with E-state index in [2.05, 4.69) is 4.79 Å². The zero-order chi connectivity index (χ0) is 12.5. The standard InChI is InChI=1S/C6H3N4O6.Sr/c7-8-2-1-3(9(13)14)6(12)4(5(2)11)10(15)16;/h1,5,12H;/q-1;+2. The predicted octanol–water partition coefficient (Wildman–Crippen LogP) is -1.77. The summed E-state index contributed by atoms with van der Waals surface area (Å²) in [6.07, 6.45) is -1.80. The van der Waals surface area contributed by atoms with Gasteiger partial charge in [-0.1, -0.05) is 0 Å². The monoisotopic (exact) mass is 315 g/mol. The first kappa shape index (κ1) is 15.9. The minimum absolute atomic E-state index is 0. The van der Waals surface area contributed by atoms with Gasteiger partial charge in [-0.3, -0.25) is 20.2 Å². The van der Waals surface area contributed by atoms with Crippen molar-refractivity contribution in [1.82, 2.24) is 0 Å².